The van der Waals surface area contributed by atoms with Crippen molar-refractivity contribution in [2.24, 2.45) is 4.99 Å². The average molecular weight is 433 g/mol. The summed E-state index contributed by atoms with van der Waals surface area (Å²) in [4.78, 5) is 45.0. The summed E-state index contributed by atoms with van der Waals surface area (Å²) >= 11 is 1.03. The minimum Gasteiger partial charge on any atom is -0.466 e. The average Bonchev–Trinajstić information content (AvgIpc) is 3.22. The number of carbonyl (C=O) groups excluding carboxylic acids is 3. The number of imide groups is 1. The van der Waals surface area contributed by atoms with Crippen molar-refractivity contribution >= 4 is 40.7 Å². The summed E-state index contributed by atoms with van der Waals surface area (Å²) in [7, 11) is 0. The summed E-state index contributed by atoms with van der Waals surface area (Å²) in [5.41, 5.74) is -0.0123. The van der Waals surface area contributed by atoms with Crippen LogP contribution in [0.25, 0.3) is 0 Å². The van der Waals surface area contributed by atoms with Gasteiger partial charge in [0.15, 0.2) is 0 Å². The summed E-state index contributed by atoms with van der Waals surface area (Å²) in [6.45, 7) is 5.22. The van der Waals surface area contributed by atoms with Crippen LogP contribution in [0, 0.1) is 0 Å². The summed E-state index contributed by atoms with van der Waals surface area (Å²) in [5, 5.41) is 11.1. The van der Waals surface area contributed by atoms with Gasteiger partial charge in [0, 0.05) is 0 Å². The molecule has 2 aromatic rings. The van der Waals surface area contributed by atoms with Gasteiger partial charge in [-0.05, 0) is 44.2 Å². The number of amides is 3. The quantitative estimate of drug-likeness (QED) is 0.304. The minimum atomic E-state index is -0.641. The zero-order valence-electron chi connectivity index (χ0n) is 16.4. The second-order valence-corrected chi connectivity index (χ2v) is 7.81. The predicted octanol–water partition coefficient (Wildman–Crippen LogP) is 2.33. The molecule has 1 aliphatic heterocycles. The van der Waals surface area contributed by atoms with E-state index in [-0.39, 0.29) is 23.5 Å². The molecule has 0 radical (unpaired) electrons. The third-order valence-corrected chi connectivity index (χ3v) is 4.18. The lowest BCUT2D eigenvalue weighted by molar-refractivity contribution is -0.0976. The van der Waals surface area contributed by atoms with Gasteiger partial charge >= 0.3 is 6.09 Å². The molecule has 0 saturated carbocycles. The Balaban J connectivity index is 1.41. The summed E-state index contributed by atoms with van der Waals surface area (Å²) < 4.78 is 10.4. The van der Waals surface area contributed by atoms with Crippen LogP contribution >= 0.6 is 11.3 Å². The molecule has 11 nitrogen and oxygen atoms in total. The van der Waals surface area contributed by atoms with Crippen LogP contribution in [0.4, 0.5) is 9.93 Å². The summed E-state index contributed by atoms with van der Waals surface area (Å²) in [6, 6.07) is 6.48. The molecule has 12 heteroatoms. The third kappa shape index (κ3) is 5.36. The van der Waals surface area contributed by atoms with Crippen LogP contribution in [-0.4, -0.2) is 58.3 Å². The van der Waals surface area contributed by atoms with E-state index >= 15 is 0 Å². The second-order valence-electron chi connectivity index (χ2n) is 6.89. The van der Waals surface area contributed by atoms with Crippen LogP contribution in [0.1, 0.15) is 41.5 Å². The first-order chi connectivity index (χ1) is 14.2. The van der Waals surface area contributed by atoms with Gasteiger partial charge in [0.1, 0.15) is 25.2 Å². The zero-order chi connectivity index (χ0) is 21.7. The van der Waals surface area contributed by atoms with Gasteiger partial charge in [-0.15, -0.1) is 10.2 Å². The Morgan fingerprint density at radius 2 is 1.83 bits per heavy atom. The molecule has 1 aromatic carbocycles. The Kier molecular flexibility index (Phi) is 6.37. The molecule has 0 saturated heterocycles. The van der Waals surface area contributed by atoms with Crippen LogP contribution in [0.2, 0.25) is 0 Å². The van der Waals surface area contributed by atoms with Gasteiger partial charge in [0.25, 0.3) is 17.0 Å². The second kappa shape index (κ2) is 8.97. The van der Waals surface area contributed by atoms with Gasteiger partial charge in [-0.2, -0.15) is 0 Å². The molecule has 0 bridgehead atoms. The summed E-state index contributed by atoms with van der Waals surface area (Å²) in [5.74, 6) is -1.03. The van der Waals surface area contributed by atoms with Crippen LogP contribution < -0.4 is 10.1 Å². The van der Waals surface area contributed by atoms with E-state index in [0.717, 1.165) is 17.7 Å². The van der Waals surface area contributed by atoms with E-state index in [1.165, 1.54) is 0 Å². The highest BCUT2D eigenvalue weighted by atomic mass is 32.1. The Morgan fingerprint density at radius 1 is 1.17 bits per heavy atom. The number of hydroxylamine groups is 2. The number of carbonyl (C=O) groups is 3. The Bertz CT molecular complexity index is 948. The molecule has 158 valence electrons. The molecule has 0 spiro atoms. The number of nitrogens with one attached hydrogen (secondary N) is 1. The molecular formula is C18H19N5O6S. The predicted molar refractivity (Wildman–Crippen MR) is 106 cm³/mol. The van der Waals surface area contributed by atoms with E-state index in [1.807, 2.05) is 0 Å². The van der Waals surface area contributed by atoms with Gasteiger partial charge in [0.05, 0.1) is 11.1 Å². The molecule has 3 amide bonds. The lowest BCUT2D eigenvalue weighted by Gasteiger charge is -2.18. The van der Waals surface area contributed by atoms with Crippen molar-refractivity contribution in [3.8, 4) is 5.19 Å². The van der Waals surface area contributed by atoms with Gasteiger partial charge in [-0.3, -0.25) is 19.7 Å². The van der Waals surface area contributed by atoms with Crippen LogP contribution in [0.15, 0.2) is 29.3 Å². The zero-order valence-corrected chi connectivity index (χ0v) is 17.3. The normalized spacial score (nSPS) is 13.6. The van der Waals surface area contributed by atoms with Crippen molar-refractivity contribution in [3.05, 3.63) is 35.4 Å². The van der Waals surface area contributed by atoms with Gasteiger partial charge in [-0.1, -0.05) is 17.2 Å². The maximum absolute atomic E-state index is 12.2. The van der Waals surface area contributed by atoms with Crippen LogP contribution in [-0.2, 0) is 9.57 Å². The lowest BCUT2D eigenvalue weighted by Crippen LogP contribution is -2.31. The molecule has 3 rings (SSSR count). The number of fused-ring (bicyclic) bond motifs is 1. The van der Waals surface area contributed by atoms with E-state index in [4.69, 9.17) is 14.3 Å². The minimum absolute atomic E-state index is 0.0297. The molecule has 0 unspecified atom stereocenters. The van der Waals surface area contributed by atoms with E-state index in [0.29, 0.717) is 16.2 Å². The summed E-state index contributed by atoms with van der Waals surface area (Å²) in [6.07, 6.45) is 0.501. The van der Waals surface area contributed by atoms with Crippen molar-refractivity contribution in [2.45, 2.75) is 26.4 Å². The third-order valence-electron chi connectivity index (χ3n) is 3.44. The highest BCUT2D eigenvalue weighted by Crippen LogP contribution is 2.25. The van der Waals surface area contributed by atoms with E-state index in [1.54, 1.807) is 45.0 Å². The number of nitrogens with zero attached hydrogens (tertiary/aromatic N) is 4. The van der Waals surface area contributed by atoms with Crippen molar-refractivity contribution < 1.29 is 28.7 Å². The first kappa shape index (κ1) is 21.3. The standard InChI is InChI=1S/C18H19N5O6S/c1-18(2,3)29-16(26)20-10-19-15-21-22-17(30-15)27-8-9-28-23-13(24)11-6-4-5-7-12(11)14(23)25/h4-7,10H,8-9H2,1-3H3,(H,19,20,21,26). The number of ether oxygens (including phenoxy) is 2. The van der Waals surface area contributed by atoms with E-state index in [9.17, 15) is 14.4 Å². The SMILES string of the molecule is CC(C)(C)OC(=O)NC=Nc1nnc(OCCON2C(=O)c3ccccc3C2=O)s1. The Hall–Kier alpha value is -3.38. The van der Waals surface area contributed by atoms with Crippen molar-refractivity contribution in [1.29, 1.82) is 0 Å². The molecule has 1 aliphatic rings. The molecule has 0 fully saturated rings. The van der Waals surface area contributed by atoms with Crippen molar-refractivity contribution in [2.75, 3.05) is 13.2 Å². The molecule has 1 N–H and O–H groups in total. The fourth-order valence-corrected chi connectivity index (χ4v) is 2.87. The number of alkyl carbamates (subject to hydrolysis) is 1. The topological polar surface area (TPSA) is 132 Å². The molecule has 2 heterocycles. The smallest absolute Gasteiger partial charge is 0.412 e. The monoisotopic (exact) mass is 433 g/mol. The van der Waals surface area contributed by atoms with E-state index < -0.39 is 23.5 Å². The van der Waals surface area contributed by atoms with Crippen LogP contribution in [0.5, 0.6) is 5.19 Å². The fourth-order valence-electron chi connectivity index (χ4n) is 2.30. The molecule has 0 atom stereocenters. The highest BCUT2D eigenvalue weighted by Gasteiger charge is 2.36. The molecular weight excluding hydrogens is 414 g/mol. The first-order valence-corrected chi connectivity index (χ1v) is 9.65. The lowest BCUT2D eigenvalue weighted by atomic mass is 10.1. The maximum Gasteiger partial charge on any atom is 0.412 e. The number of aromatic nitrogens is 2. The van der Waals surface area contributed by atoms with E-state index in [2.05, 4.69) is 20.5 Å². The maximum atomic E-state index is 12.2. The van der Waals surface area contributed by atoms with Gasteiger partial charge < -0.3 is 9.47 Å². The van der Waals surface area contributed by atoms with Gasteiger partial charge in [-0.25, -0.2) is 9.79 Å². The first-order valence-electron chi connectivity index (χ1n) is 8.84. The molecule has 0 aliphatic carbocycles. The Morgan fingerprint density at radius 3 is 2.47 bits per heavy atom. The molecule has 1 aromatic heterocycles. The number of hydrogen-bond donors (Lipinski definition) is 1. The number of aliphatic imine (C=N–C) groups is 1. The molecule has 30 heavy (non-hydrogen) atoms. The number of hydrogen-bond acceptors (Lipinski definition) is 10. The fraction of sp³-hybridized carbons (Fsp3) is 0.333. The van der Waals surface area contributed by atoms with Crippen LogP contribution in [0.3, 0.4) is 0 Å². The number of rotatable bonds is 7. The van der Waals surface area contributed by atoms with Crippen molar-refractivity contribution in [1.82, 2.24) is 20.6 Å². The van der Waals surface area contributed by atoms with Gasteiger partial charge in [0.2, 0.25) is 5.13 Å². The largest absolute Gasteiger partial charge is 0.466 e. The Labute approximate surface area is 175 Å². The highest BCUT2D eigenvalue weighted by molar-refractivity contribution is 7.16. The van der Waals surface area contributed by atoms with Crippen molar-refractivity contribution in [3.63, 3.8) is 0 Å². The number of benzene rings is 1.